The van der Waals surface area contributed by atoms with Gasteiger partial charge in [0.1, 0.15) is 5.60 Å². The second-order valence-corrected chi connectivity index (χ2v) is 9.06. The van der Waals surface area contributed by atoms with E-state index >= 15 is 0 Å². The van der Waals surface area contributed by atoms with Crippen LogP contribution in [0.5, 0.6) is 0 Å². The van der Waals surface area contributed by atoms with Crippen molar-refractivity contribution in [3.05, 3.63) is 0 Å². The molecular weight excluding hydrogens is 260 g/mol. The van der Waals surface area contributed by atoms with Gasteiger partial charge in [-0.05, 0) is 32.4 Å². The van der Waals surface area contributed by atoms with E-state index in [-0.39, 0.29) is 23.4 Å². The van der Waals surface area contributed by atoms with Crippen LogP contribution in [0.25, 0.3) is 0 Å². The molecule has 2 aliphatic rings. The Balaban J connectivity index is 2.26. The third-order valence-corrected chi connectivity index (χ3v) is 6.42. The largest absolute Gasteiger partial charge is 0.459 e. The summed E-state index contributed by atoms with van der Waals surface area (Å²) in [5.74, 6) is 1.03. The van der Waals surface area contributed by atoms with Gasteiger partial charge in [0.15, 0.2) is 9.84 Å². The zero-order valence-corrected chi connectivity index (χ0v) is 12.0. The summed E-state index contributed by atoms with van der Waals surface area (Å²) in [5, 5.41) is 0. The average Bonchev–Trinajstić information content (AvgIpc) is 2.53. The lowest BCUT2D eigenvalue weighted by atomic mass is 9.81. The number of thioether (sulfide) groups is 1. The molecule has 0 saturated carbocycles. The van der Waals surface area contributed by atoms with Crippen LogP contribution in [0.4, 0.5) is 0 Å². The van der Waals surface area contributed by atoms with Crippen molar-refractivity contribution in [3.8, 4) is 0 Å². The minimum absolute atomic E-state index is 0.0351. The topological polar surface area (TPSA) is 60.4 Å². The van der Waals surface area contributed by atoms with E-state index in [4.69, 9.17) is 4.74 Å². The molecular formula is C11H18O4S2. The highest BCUT2D eigenvalue weighted by molar-refractivity contribution is 8.00. The zero-order valence-electron chi connectivity index (χ0n) is 10.4. The Morgan fingerprint density at radius 3 is 2.65 bits per heavy atom. The summed E-state index contributed by atoms with van der Waals surface area (Å²) in [6, 6.07) is 0. The quantitative estimate of drug-likeness (QED) is 0.672. The van der Waals surface area contributed by atoms with E-state index in [0.717, 1.165) is 5.75 Å². The highest BCUT2D eigenvalue weighted by atomic mass is 32.2. The van der Waals surface area contributed by atoms with Crippen molar-refractivity contribution in [2.75, 3.05) is 23.0 Å². The lowest BCUT2D eigenvalue weighted by Gasteiger charge is -2.29. The Labute approximate surface area is 106 Å². The van der Waals surface area contributed by atoms with E-state index in [9.17, 15) is 13.2 Å². The molecule has 98 valence electrons. The van der Waals surface area contributed by atoms with E-state index < -0.39 is 20.9 Å². The van der Waals surface area contributed by atoms with Crippen LogP contribution in [0, 0.1) is 11.3 Å². The molecule has 0 bridgehead atoms. The summed E-state index contributed by atoms with van der Waals surface area (Å²) in [6.07, 6.45) is 0. The molecule has 2 heterocycles. The molecule has 0 radical (unpaired) electrons. The minimum atomic E-state index is -3.08. The Hall–Kier alpha value is -0.230. The molecule has 0 spiro atoms. The fourth-order valence-corrected chi connectivity index (χ4v) is 6.80. The van der Waals surface area contributed by atoms with E-state index in [1.807, 2.05) is 20.8 Å². The van der Waals surface area contributed by atoms with Crippen LogP contribution in [-0.4, -0.2) is 43.0 Å². The maximum atomic E-state index is 12.3. The van der Waals surface area contributed by atoms with E-state index in [1.165, 1.54) is 0 Å². The molecule has 0 aromatic heterocycles. The van der Waals surface area contributed by atoms with Crippen molar-refractivity contribution in [1.29, 1.82) is 0 Å². The highest BCUT2D eigenvalue weighted by Gasteiger charge is 2.59. The number of fused-ring (bicyclic) bond motifs is 1. The van der Waals surface area contributed by atoms with Crippen LogP contribution in [-0.2, 0) is 19.4 Å². The van der Waals surface area contributed by atoms with Gasteiger partial charge in [-0.1, -0.05) is 0 Å². The maximum Gasteiger partial charge on any atom is 0.314 e. The summed E-state index contributed by atoms with van der Waals surface area (Å²) >= 11 is 1.65. The van der Waals surface area contributed by atoms with Gasteiger partial charge in [0, 0.05) is 5.75 Å². The Kier molecular flexibility index (Phi) is 3.02. The smallest absolute Gasteiger partial charge is 0.314 e. The Bertz CT molecular complexity index is 435. The first kappa shape index (κ1) is 13.2. The summed E-state index contributed by atoms with van der Waals surface area (Å²) < 4.78 is 28.8. The molecule has 2 fully saturated rings. The van der Waals surface area contributed by atoms with Crippen molar-refractivity contribution in [2.45, 2.75) is 26.4 Å². The third kappa shape index (κ3) is 2.47. The van der Waals surface area contributed by atoms with Crippen LogP contribution >= 0.6 is 11.8 Å². The van der Waals surface area contributed by atoms with Crippen LogP contribution in [0.15, 0.2) is 0 Å². The zero-order chi connectivity index (χ0) is 12.9. The van der Waals surface area contributed by atoms with Gasteiger partial charge >= 0.3 is 5.97 Å². The molecule has 0 amide bonds. The lowest BCUT2D eigenvalue weighted by Crippen LogP contribution is -2.42. The van der Waals surface area contributed by atoms with E-state index in [1.54, 1.807) is 11.8 Å². The third-order valence-electron chi connectivity index (χ3n) is 3.20. The Morgan fingerprint density at radius 1 is 1.41 bits per heavy atom. The molecule has 2 rings (SSSR count). The van der Waals surface area contributed by atoms with Crippen molar-refractivity contribution >= 4 is 27.6 Å². The lowest BCUT2D eigenvalue weighted by molar-refractivity contribution is -0.166. The molecule has 2 aliphatic heterocycles. The number of carbonyl (C=O) groups excluding carboxylic acids is 1. The van der Waals surface area contributed by atoms with Gasteiger partial charge in [-0.2, -0.15) is 11.8 Å². The number of hydrogen-bond donors (Lipinski definition) is 0. The second kappa shape index (κ2) is 3.88. The van der Waals surface area contributed by atoms with Crippen LogP contribution in [0.1, 0.15) is 20.8 Å². The van der Waals surface area contributed by atoms with Crippen LogP contribution in [0.2, 0.25) is 0 Å². The maximum absolute atomic E-state index is 12.3. The average molecular weight is 278 g/mol. The van der Waals surface area contributed by atoms with E-state index in [2.05, 4.69) is 0 Å². The van der Waals surface area contributed by atoms with Gasteiger partial charge in [0.25, 0.3) is 0 Å². The van der Waals surface area contributed by atoms with Crippen LogP contribution in [0.3, 0.4) is 0 Å². The molecule has 17 heavy (non-hydrogen) atoms. The number of hydrogen-bond acceptors (Lipinski definition) is 5. The van der Waals surface area contributed by atoms with Crippen molar-refractivity contribution < 1.29 is 17.9 Å². The Morgan fingerprint density at radius 2 is 2.06 bits per heavy atom. The molecule has 0 N–H and O–H groups in total. The second-order valence-electron chi connectivity index (χ2n) is 5.92. The first-order chi connectivity index (χ1) is 7.65. The SMILES string of the molecule is CC(C)(C)OC(=O)C12CSCC1CS(=O)(=O)C2. The van der Waals surface area contributed by atoms with Gasteiger partial charge in [0.05, 0.1) is 16.9 Å². The molecule has 0 aromatic carbocycles. The predicted octanol–water partition coefficient (Wildman–Crippen LogP) is 1.11. The predicted molar refractivity (Wildman–Crippen MR) is 67.7 cm³/mol. The monoisotopic (exact) mass is 278 g/mol. The number of ether oxygens (including phenoxy) is 1. The van der Waals surface area contributed by atoms with Gasteiger partial charge in [-0.25, -0.2) is 8.42 Å². The standard InChI is InChI=1S/C11H18O4S2/c1-10(2,3)15-9(12)11-6-16-4-8(11)5-17(13,14)7-11/h8H,4-7H2,1-3H3. The molecule has 2 atom stereocenters. The first-order valence-corrected chi connectivity index (χ1v) is 8.64. The molecule has 4 nitrogen and oxygen atoms in total. The normalized spacial score (nSPS) is 35.6. The number of sulfone groups is 1. The summed E-state index contributed by atoms with van der Waals surface area (Å²) in [5.41, 5.74) is -1.34. The van der Waals surface area contributed by atoms with Crippen molar-refractivity contribution in [3.63, 3.8) is 0 Å². The number of rotatable bonds is 1. The van der Waals surface area contributed by atoms with Gasteiger partial charge in [-0.15, -0.1) is 0 Å². The highest BCUT2D eigenvalue weighted by Crippen LogP contribution is 2.49. The number of carbonyl (C=O) groups is 1. The first-order valence-electron chi connectivity index (χ1n) is 5.66. The van der Waals surface area contributed by atoms with E-state index in [0.29, 0.717) is 5.75 Å². The van der Waals surface area contributed by atoms with Gasteiger partial charge in [0.2, 0.25) is 0 Å². The van der Waals surface area contributed by atoms with Gasteiger partial charge in [-0.3, -0.25) is 4.79 Å². The molecule has 2 unspecified atom stereocenters. The fraction of sp³-hybridized carbons (Fsp3) is 0.909. The van der Waals surface area contributed by atoms with Crippen molar-refractivity contribution in [2.24, 2.45) is 11.3 Å². The fourth-order valence-electron chi connectivity index (χ4n) is 2.45. The summed E-state index contributed by atoms with van der Waals surface area (Å²) in [7, 11) is -3.08. The molecule has 0 aliphatic carbocycles. The minimum Gasteiger partial charge on any atom is -0.459 e. The van der Waals surface area contributed by atoms with Crippen LogP contribution < -0.4 is 0 Å². The summed E-state index contributed by atoms with van der Waals surface area (Å²) in [6.45, 7) is 5.42. The van der Waals surface area contributed by atoms with Gasteiger partial charge < -0.3 is 4.74 Å². The molecule has 6 heteroatoms. The number of esters is 1. The van der Waals surface area contributed by atoms with Crippen molar-refractivity contribution in [1.82, 2.24) is 0 Å². The molecule has 2 saturated heterocycles. The molecule has 0 aromatic rings. The summed E-state index contributed by atoms with van der Waals surface area (Å²) in [4.78, 5) is 12.3.